The van der Waals surface area contributed by atoms with E-state index >= 15 is 0 Å². The predicted molar refractivity (Wildman–Crippen MR) is 100 cm³/mol. The van der Waals surface area contributed by atoms with E-state index in [1.807, 2.05) is 19.1 Å². The van der Waals surface area contributed by atoms with E-state index in [2.05, 4.69) is 25.5 Å². The molecule has 0 aliphatic carbocycles. The van der Waals surface area contributed by atoms with E-state index in [9.17, 15) is 8.42 Å². The Labute approximate surface area is 150 Å². The molecule has 0 bridgehead atoms. The first-order valence-corrected chi connectivity index (χ1v) is 9.43. The van der Waals surface area contributed by atoms with Crippen LogP contribution in [0.3, 0.4) is 0 Å². The Morgan fingerprint density at radius 1 is 0.960 bits per heavy atom. The number of benzene rings is 2. The van der Waals surface area contributed by atoms with Gasteiger partial charge < -0.3 is 9.47 Å². The molecule has 0 atom stereocenters. The van der Waals surface area contributed by atoms with Crippen LogP contribution in [0.1, 0.15) is 31.9 Å². The Balaban J connectivity index is 2.41. The zero-order valence-electron chi connectivity index (χ0n) is 15.5. The molecule has 2 aromatic rings. The maximum absolute atomic E-state index is 12.8. The van der Waals surface area contributed by atoms with Gasteiger partial charge in [0.05, 0.1) is 14.2 Å². The number of ether oxygens (including phenoxy) is 2. The van der Waals surface area contributed by atoms with E-state index in [1.54, 1.807) is 18.2 Å². The minimum atomic E-state index is -3.81. The summed E-state index contributed by atoms with van der Waals surface area (Å²) in [6, 6.07) is 10.2. The standard InChI is InChI=1S/C19H25NO4S/c1-13-11-14(7-9-16(13)19(2,3)4)20-25(21,22)18-12-15(23-5)8-10-17(18)24-6/h7-12,20H,1-6H3. The van der Waals surface area contributed by atoms with Gasteiger partial charge in [0.25, 0.3) is 10.0 Å². The molecule has 6 heteroatoms. The minimum Gasteiger partial charge on any atom is -0.497 e. The lowest BCUT2D eigenvalue weighted by Gasteiger charge is -2.22. The fourth-order valence-electron chi connectivity index (χ4n) is 2.77. The molecule has 0 aliphatic rings. The summed E-state index contributed by atoms with van der Waals surface area (Å²) in [6.45, 7) is 8.35. The Hall–Kier alpha value is -2.21. The van der Waals surface area contributed by atoms with Crippen molar-refractivity contribution in [2.24, 2.45) is 0 Å². The minimum absolute atomic E-state index is 0.00248. The Morgan fingerprint density at radius 2 is 1.64 bits per heavy atom. The zero-order chi connectivity index (χ0) is 18.8. The number of methoxy groups -OCH3 is 2. The lowest BCUT2D eigenvalue weighted by molar-refractivity contribution is 0.392. The molecule has 0 spiro atoms. The van der Waals surface area contributed by atoms with Crippen molar-refractivity contribution in [2.75, 3.05) is 18.9 Å². The molecule has 25 heavy (non-hydrogen) atoms. The van der Waals surface area contributed by atoms with E-state index < -0.39 is 10.0 Å². The lowest BCUT2D eigenvalue weighted by atomic mass is 9.84. The van der Waals surface area contributed by atoms with Crippen LogP contribution in [0.5, 0.6) is 11.5 Å². The third-order valence-electron chi connectivity index (χ3n) is 3.95. The molecule has 0 saturated carbocycles. The van der Waals surface area contributed by atoms with Crippen LogP contribution in [0.2, 0.25) is 0 Å². The van der Waals surface area contributed by atoms with Crippen LogP contribution in [-0.2, 0) is 15.4 Å². The van der Waals surface area contributed by atoms with Gasteiger partial charge in [-0.1, -0.05) is 26.8 Å². The summed E-state index contributed by atoms with van der Waals surface area (Å²) in [4.78, 5) is 0.0342. The van der Waals surface area contributed by atoms with Crippen molar-refractivity contribution in [3.63, 3.8) is 0 Å². The molecule has 136 valence electrons. The van der Waals surface area contributed by atoms with Gasteiger partial charge in [-0.3, -0.25) is 4.72 Å². The summed E-state index contributed by atoms with van der Waals surface area (Å²) in [6.07, 6.45) is 0. The highest BCUT2D eigenvalue weighted by molar-refractivity contribution is 7.92. The van der Waals surface area contributed by atoms with Crippen LogP contribution in [-0.4, -0.2) is 22.6 Å². The maximum Gasteiger partial charge on any atom is 0.265 e. The first-order chi connectivity index (χ1) is 11.6. The Kier molecular flexibility index (Phi) is 5.32. The summed E-state index contributed by atoms with van der Waals surface area (Å²) in [7, 11) is -0.889. The van der Waals surface area contributed by atoms with Crippen molar-refractivity contribution in [1.82, 2.24) is 0 Å². The van der Waals surface area contributed by atoms with Crippen LogP contribution < -0.4 is 14.2 Å². The molecule has 2 rings (SSSR count). The number of rotatable bonds is 5. The van der Waals surface area contributed by atoms with Crippen molar-refractivity contribution in [2.45, 2.75) is 38.0 Å². The molecule has 0 heterocycles. The van der Waals surface area contributed by atoms with Gasteiger partial charge in [0, 0.05) is 11.8 Å². The molecule has 0 fully saturated rings. The second-order valence-electron chi connectivity index (χ2n) is 6.90. The van der Waals surface area contributed by atoms with Gasteiger partial charge in [0.15, 0.2) is 0 Å². The molecule has 2 aromatic carbocycles. The Bertz CT molecular complexity index is 867. The summed E-state index contributed by atoms with van der Waals surface area (Å²) in [5.74, 6) is 0.705. The topological polar surface area (TPSA) is 64.6 Å². The van der Waals surface area contributed by atoms with Crippen LogP contribution in [0, 0.1) is 6.92 Å². The third kappa shape index (κ3) is 4.25. The monoisotopic (exact) mass is 363 g/mol. The molecule has 0 radical (unpaired) electrons. The number of hydrogen-bond donors (Lipinski definition) is 1. The average molecular weight is 363 g/mol. The molecule has 0 aliphatic heterocycles. The highest BCUT2D eigenvalue weighted by Crippen LogP contribution is 2.31. The fourth-order valence-corrected chi connectivity index (χ4v) is 4.01. The number of anilines is 1. The summed E-state index contributed by atoms with van der Waals surface area (Å²) in [5.41, 5.74) is 2.72. The lowest BCUT2D eigenvalue weighted by Crippen LogP contribution is -2.16. The van der Waals surface area contributed by atoms with Gasteiger partial charge in [-0.2, -0.15) is 0 Å². The summed E-state index contributed by atoms with van der Waals surface area (Å²) >= 11 is 0. The quantitative estimate of drug-likeness (QED) is 0.868. The van der Waals surface area contributed by atoms with Crippen molar-refractivity contribution >= 4 is 15.7 Å². The van der Waals surface area contributed by atoms with Crippen LogP contribution in [0.15, 0.2) is 41.3 Å². The number of aryl methyl sites for hydroxylation is 1. The second-order valence-corrected chi connectivity index (χ2v) is 8.55. The smallest absolute Gasteiger partial charge is 0.265 e. The highest BCUT2D eigenvalue weighted by Gasteiger charge is 2.22. The SMILES string of the molecule is COc1ccc(OC)c(S(=O)(=O)Nc2ccc(C(C)(C)C)c(C)c2)c1. The first kappa shape index (κ1) is 19.1. The predicted octanol–water partition coefficient (Wildman–Crippen LogP) is 4.11. The third-order valence-corrected chi connectivity index (χ3v) is 5.35. The van der Waals surface area contributed by atoms with Crippen LogP contribution in [0.25, 0.3) is 0 Å². The van der Waals surface area contributed by atoms with Gasteiger partial charge in [0.2, 0.25) is 0 Å². The average Bonchev–Trinajstić information content (AvgIpc) is 2.52. The van der Waals surface area contributed by atoms with Gasteiger partial charge in [-0.15, -0.1) is 0 Å². The fraction of sp³-hybridized carbons (Fsp3) is 0.368. The molecule has 0 saturated heterocycles. The van der Waals surface area contributed by atoms with E-state index in [1.165, 1.54) is 25.8 Å². The van der Waals surface area contributed by atoms with Crippen molar-refractivity contribution in [3.05, 3.63) is 47.5 Å². The molecule has 0 aromatic heterocycles. The molecule has 0 amide bonds. The molecule has 1 N–H and O–H groups in total. The number of hydrogen-bond acceptors (Lipinski definition) is 4. The van der Waals surface area contributed by atoms with Crippen molar-refractivity contribution in [1.29, 1.82) is 0 Å². The summed E-state index contributed by atoms with van der Waals surface area (Å²) < 4.78 is 38.5. The van der Waals surface area contributed by atoms with Gasteiger partial charge in [-0.05, 0) is 47.7 Å². The molecular formula is C19H25NO4S. The van der Waals surface area contributed by atoms with Gasteiger partial charge >= 0.3 is 0 Å². The highest BCUT2D eigenvalue weighted by atomic mass is 32.2. The van der Waals surface area contributed by atoms with E-state index in [4.69, 9.17) is 9.47 Å². The molecule has 0 unspecified atom stereocenters. The van der Waals surface area contributed by atoms with Crippen molar-refractivity contribution in [3.8, 4) is 11.5 Å². The van der Waals surface area contributed by atoms with E-state index in [-0.39, 0.29) is 16.1 Å². The van der Waals surface area contributed by atoms with E-state index in [0.717, 1.165) is 5.56 Å². The van der Waals surface area contributed by atoms with Crippen LogP contribution >= 0.6 is 0 Å². The normalized spacial score (nSPS) is 11.9. The molecule has 5 nitrogen and oxygen atoms in total. The summed E-state index contributed by atoms with van der Waals surface area (Å²) in [5, 5.41) is 0. The molecular weight excluding hydrogens is 338 g/mol. The maximum atomic E-state index is 12.8. The van der Waals surface area contributed by atoms with Gasteiger partial charge in [-0.25, -0.2) is 8.42 Å². The second kappa shape index (κ2) is 6.96. The van der Waals surface area contributed by atoms with Crippen LogP contribution in [0.4, 0.5) is 5.69 Å². The zero-order valence-corrected chi connectivity index (χ0v) is 16.3. The number of nitrogens with one attached hydrogen (secondary N) is 1. The Morgan fingerprint density at radius 3 is 2.16 bits per heavy atom. The van der Waals surface area contributed by atoms with Gasteiger partial charge in [0.1, 0.15) is 16.4 Å². The largest absolute Gasteiger partial charge is 0.497 e. The first-order valence-electron chi connectivity index (χ1n) is 7.94. The van der Waals surface area contributed by atoms with Crippen molar-refractivity contribution < 1.29 is 17.9 Å². The van der Waals surface area contributed by atoms with E-state index in [0.29, 0.717) is 11.4 Å². The number of sulfonamides is 1.